The Morgan fingerprint density at radius 3 is 2.40 bits per heavy atom. The molecule has 0 aliphatic heterocycles. The molecule has 0 aromatic heterocycles. The van der Waals surface area contributed by atoms with Crippen LogP contribution in [0.25, 0.3) is 0 Å². The fourth-order valence-electron chi connectivity index (χ4n) is 1.67. The van der Waals surface area contributed by atoms with Crippen molar-refractivity contribution in [2.45, 2.75) is 10.6 Å². The number of hydrogen-bond donors (Lipinski definition) is 1. The molecule has 7 heteroatoms. The van der Waals surface area contributed by atoms with E-state index in [0.717, 1.165) is 5.56 Å². The minimum absolute atomic E-state index is 0.00513. The minimum atomic E-state index is -1.33. The van der Waals surface area contributed by atoms with Crippen LogP contribution >= 0.6 is 11.6 Å². The third kappa shape index (κ3) is 3.34. The van der Waals surface area contributed by atoms with Crippen LogP contribution in [-0.4, -0.2) is 9.13 Å². The fraction of sp³-hybridized carbons (Fsp3) is 0.0769. The van der Waals surface area contributed by atoms with E-state index in [0.29, 0.717) is 15.6 Å². The summed E-state index contributed by atoms with van der Waals surface area (Å²) in [6.07, 6.45) is 0. The predicted octanol–water partition coefficient (Wildman–Crippen LogP) is 3.14. The zero-order valence-electron chi connectivity index (χ0n) is 10.3. The van der Waals surface area contributed by atoms with Gasteiger partial charge >= 0.3 is 0 Å². The van der Waals surface area contributed by atoms with Crippen molar-refractivity contribution in [2.75, 3.05) is 5.73 Å². The van der Waals surface area contributed by atoms with Crippen LogP contribution in [0.5, 0.6) is 0 Å². The molecule has 2 N–H and O–H groups in total. The molecule has 0 aliphatic carbocycles. The first-order chi connectivity index (χ1) is 9.47. The van der Waals surface area contributed by atoms with Crippen LogP contribution in [0.4, 0.5) is 11.4 Å². The Kier molecular flexibility index (Phi) is 4.36. The quantitative estimate of drug-likeness (QED) is 0.534. The number of non-ortho nitro benzene ring substituents is 1. The Morgan fingerprint density at radius 1 is 1.20 bits per heavy atom. The molecule has 0 radical (unpaired) electrons. The molecule has 0 aliphatic rings. The normalized spacial score (nSPS) is 12.1. The Hall–Kier alpha value is -1.92. The lowest BCUT2D eigenvalue weighted by Crippen LogP contribution is -2.01. The third-order valence-corrected chi connectivity index (χ3v) is 4.36. The maximum atomic E-state index is 12.2. The van der Waals surface area contributed by atoms with Crippen LogP contribution in [0.15, 0.2) is 47.4 Å². The van der Waals surface area contributed by atoms with E-state index < -0.39 is 15.7 Å². The average molecular weight is 311 g/mol. The van der Waals surface area contributed by atoms with Gasteiger partial charge in [0.1, 0.15) is 0 Å². The molecule has 0 bridgehead atoms. The van der Waals surface area contributed by atoms with Gasteiger partial charge in [0.15, 0.2) is 0 Å². The van der Waals surface area contributed by atoms with Gasteiger partial charge in [-0.25, -0.2) is 0 Å². The van der Waals surface area contributed by atoms with E-state index >= 15 is 0 Å². The van der Waals surface area contributed by atoms with Gasteiger partial charge in [0.25, 0.3) is 5.69 Å². The van der Waals surface area contributed by atoms with Crippen molar-refractivity contribution in [1.29, 1.82) is 0 Å². The molecule has 0 fully saturated rings. The first kappa shape index (κ1) is 14.5. The Morgan fingerprint density at radius 2 is 1.85 bits per heavy atom. The summed E-state index contributed by atoms with van der Waals surface area (Å²) in [5.41, 5.74) is 6.89. The number of nitro groups is 1. The molecule has 0 saturated heterocycles. The summed E-state index contributed by atoms with van der Waals surface area (Å²) >= 11 is 5.79. The summed E-state index contributed by atoms with van der Waals surface area (Å²) in [6.45, 7) is 0. The molecular weight excluding hydrogens is 300 g/mol. The largest absolute Gasteiger partial charge is 0.398 e. The van der Waals surface area contributed by atoms with Gasteiger partial charge in [-0.3, -0.25) is 14.3 Å². The molecule has 0 amide bonds. The highest BCUT2D eigenvalue weighted by atomic mass is 35.5. The van der Waals surface area contributed by atoms with Gasteiger partial charge in [0.05, 0.1) is 26.4 Å². The molecule has 104 valence electrons. The average Bonchev–Trinajstić information content (AvgIpc) is 2.39. The van der Waals surface area contributed by atoms with Crippen LogP contribution in [0.3, 0.4) is 0 Å². The zero-order valence-corrected chi connectivity index (χ0v) is 11.9. The van der Waals surface area contributed by atoms with Gasteiger partial charge in [-0.2, -0.15) is 0 Å². The Balaban J connectivity index is 2.17. The number of nitrogens with two attached hydrogens (primary N) is 1. The van der Waals surface area contributed by atoms with Gasteiger partial charge in [-0.1, -0.05) is 23.7 Å². The molecular formula is C13H11ClN2O3S. The summed E-state index contributed by atoms with van der Waals surface area (Å²) in [4.78, 5) is 10.6. The molecule has 1 unspecified atom stereocenters. The lowest BCUT2D eigenvalue weighted by atomic mass is 10.2. The highest BCUT2D eigenvalue weighted by molar-refractivity contribution is 7.84. The molecule has 0 spiro atoms. The van der Waals surface area contributed by atoms with Gasteiger partial charge in [-0.05, 0) is 23.8 Å². The number of nitrogen functional groups attached to an aromatic ring is 1. The van der Waals surface area contributed by atoms with E-state index in [2.05, 4.69) is 0 Å². The van der Waals surface area contributed by atoms with E-state index in [4.69, 9.17) is 17.3 Å². The first-order valence-corrected chi connectivity index (χ1v) is 7.34. The third-order valence-electron chi connectivity index (χ3n) is 2.66. The summed E-state index contributed by atoms with van der Waals surface area (Å²) in [6, 6.07) is 10.7. The predicted molar refractivity (Wildman–Crippen MR) is 79.1 cm³/mol. The molecule has 2 aromatic rings. The highest BCUT2D eigenvalue weighted by Crippen LogP contribution is 2.23. The van der Waals surface area contributed by atoms with Crippen molar-refractivity contribution in [3.05, 3.63) is 63.2 Å². The van der Waals surface area contributed by atoms with Crippen LogP contribution in [0.1, 0.15) is 5.56 Å². The number of anilines is 1. The number of nitro benzene ring substituents is 1. The van der Waals surface area contributed by atoms with Crippen LogP contribution in [0, 0.1) is 10.1 Å². The standard InChI is InChI=1S/C13H11ClN2O3S/c14-10-3-6-13(12(15)7-10)20(19)8-9-1-4-11(5-2-9)16(17)18/h1-7H,8,15H2. The highest BCUT2D eigenvalue weighted by Gasteiger charge is 2.11. The second-order valence-corrected chi connectivity index (χ2v) is 5.95. The van der Waals surface area contributed by atoms with Crippen LogP contribution in [0.2, 0.25) is 5.02 Å². The van der Waals surface area contributed by atoms with Crippen molar-refractivity contribution in [3.8, 4) is 0 Å². The molecule has 1 atom stereocenters. The van der Waals surface area contributed by atoms with Crippen LogP contribution in [-0.2, 0) is 16.6 Å². The Labute approximate surface area is 123 Å². The number of hydrogen-bond acceptors (Lipinski definition) is 4. The van der Waals surface area contributed by atoms with Crippen molar-refractivity contribution in [2.24, 2.45) is 0 Å². The smallest absolute Gasteiger partial charge is 0.269 e. The second kappa shape index (κ2) is 6.02. The summed E-state index contributed by atoms with van der Waals surface area (Å²) in [7, 11) is -1.33. The van der Waals surface area contributed by atoms with E-state index in [1.807, 2.05) is 0 Å². The minimum Gasteiger partial charge on any atom is -0.398 e. The number of nitrogens with zero attached hydrogens (tertiary/aromatic N) is 1. The Bertz CT molecular complexity index is 674. The van der Waals surface area contributed by atoms with E-state index in [-0.39, 0.29) is 11.4 Å². The molecule has 2 aromatic carbocycles. The summed E-state index contributed by atoms with van der Waals surface area (Å²) in [5, 5.41) is 11.0. The van der Waals surface area contributed by atoms with Gasteiger partial charge in [-0.15, -0.1) is 0 Å². The van der Waals surface area contributed by atoms with Crippen molar-refractivity contribution in [1.82, 2.24) is 0 Å². The molecule has 20 heavy (non-hydrogen) atoms. The monoisotopic (exact) mass is 310 g/mol. The summed E-state index contributed by atoms with van der Waals surface area (Å²) in [5.74, 6) is 0.240. The molecule has 0 heterocycles. The van der Waals surface area contributed by atoms with E-state index in [9.17, 15) is 14.3 Å². The van der Waals surface area contributed by atoms with Crippen molar-refractivity contribution in [3.63, 3.8) is 0 Å². The fourth-order valence-corrected chi connectivity index (χ4v) is 3.04. The molecule has 5 nitrogen and oxygen atoms in total. The maximum Gasteiger partial charge on any atom is 0.269 e. The topological polar surface area (TPSA) is 86.2 Å². The van der Waals surface area contributed by atoms with Gasteiger partial charge in [0.2, 0.25) is 0 Å². The van der Waals surface area contributed by atoms with Crippen LogP contribution < -0.4 is 5.73 Å². The first-order valence-electron chi connectivity index (χ1n) is 5.64. The SMILES string of the molecule is Nc1cc(Cl)ccc1S(=O)Cc1ccc([N+](=O)[O-])cc1. The van der Waals surface area contributed by atoms with Gasteiger partial charge < -0.3 is 5.73 Å². The van der Waals surface area contributed by atoms with Gasteiger partial charge in [0, 0.05) is 22.8 Å². The number of benzene rings is 2. The lowest BCUT2D eigenvalue weighted by molar-refractivity contribution is -0.384. The molecule has 0 saturated carbocycles. The maximum absolute atomic E-state index is 12.2. The second-order valence-electron chi connectivity index (χ2n) is 4.10. The molecule has 2 rings (SSSR count). The summed E-state index contributed by atoms with van der Waals surface area (Å²) < 4.78 is 12.2. The van der Waals surface area contributed by atoms with E-state index in [1.54, 1.807) is 30.3 Å². The zero-order chi connectivity index (χ0) is 14.7. The van der Waals surface area contributed by atoms with E-state index in [1.165, 1.54) is 12.1 Å². The van der Waals surface area contributed by atoms with Crippen molar-refractivity contribution < 1.29 is 9.13 Å². The lowest BCUT2D eigenvalue weighted by Gasteiger charge is -2.06. The van der Waals surface area contributed by atoms with Crippen molar-refractivity contribution >= 4 is 33.8 Å². The number of halogens is 1. The number of rotatable bonds is 4.